The molecule has 66 valence electrons. The van der Waals surface area contributed by atoms with E-state index < -0.39 is 0 Å². The van der Waals surface area contributed by atoms with E-state index >= 15 is 0 Å². The largest absolute Gasteiger partial charge is 0.396 e. The van der Waals surface area contributed by atoms with E-state index in [4.69, 9.17) is 5.11 Å². The first-order valence-electron chi connectivity index (χ1n) is 3.43. The normalized spacial score (nSPS) is 10.2. The first kappa shape index (κ1) is 10.6. The lowest BCUT2D eigenvalue weighted by Gasteiger charge is -2.02. The van der Waals surface area contributed by atoms with Gasteiger partial charge in [-0.25, -0.2) is 0 Å². The van der Waals surface area contributed by atoms with Crippen molar-refractivity contribution in [2.45, 2.75) is 4.90 Å². The third-order valence-corrected chi connectivity index (χ3v) is 3.72. The van der Waals surface area contributed by atoms with Gasteiger partial charge in [0.2, 0.25) is 0 Å². The van der Waals surface area contributed by atoms with Crippen molar-refractivity contribution >= 4 is 43.6 Å². The fraction of sp³-hybridized carbons (Fsp3) is 0.250. The number of aliphatic hydroxyl groups is 1. The molecular formula is C8H8Br2OS. The summed E-state index contributed by atoms with van der Waals surface area (Å²) >= 11 is 8.46. The van der Waals surface area contributed by atoms with Crippen molar-refractivity contribution in [3.63, 3.8) is 0 Å². The molecule has 0 radical (unpaired) electrons. The van der Waals surface area contributed by atoms with Crippen LogP contribution in [0.1, 0.15) is 0 Å². The topological polar surface area (TPSA) is 20.2 Å². The van der Waals surface area contributed by atoms with Crippen LogP contribution in [0.4, 0.5) is 0 Å². The van der Waals surface area contributed by atoms with Gasteiger partial charge in [0.15, 0.2) is 0 Å². The Kier molecular flexibility index (Phi) is 4.64. The molecule has 1 aromatic carbocycles. The van der Waals surface area contributed by atoms with Crippen LogP contribution < -0.4 is 0 Å². The van der Waals surface area contributed by atoms with E-state index in [-0.39, 0.29) is 6.61 Å². The molecule has 0 aromatic heterocycles. The van der Waals surface area contributed by atoms with E-state index in [0.29, 0.717) is 0 Å². The molecule has 0 bridgehead atoms. The summed E-state index contributed by atoms with van der Waals surface area (Å²) in [6, 6.07) is 6.00. The maximum absolute atomic E-state index is 8.64. The summed E-state index contributed by atoms with van der Waals surface area (Å²) in [5.41, 5.74) is 0. The molecule has 0 saturated carbocycles. The van der Waals surface area contributed by atoms with Gasteiger partial charge in [-0.2, -0.15) is 0 Å². The van der Waals surface area contributed by atoms with Crippen molar-refractivity contribution in [3.05, 3.63) is 27.1 Å². The monoisotopic (exact) mass is 310 g/mol. The van der Waals surface area contributed by atoms with Gasteiger partial charge in [-0.1, -0.05) is 15.9 Å². The SMILES string of the molecule is OCCSc1cc(Br)ccc1Br. The highest BCUT2D eigenvalue weighted by Crippen LogP contribution is 2.29. The van der Waals surface area contributed by atoms with Crippen LogP contribution in [0, 0.1) is 0 Å². The molecule has 0 heterocycles. The fourth-order valence-corrected chi connectivity index (χ4v) is 2.57. The average Bonchev–Trinajstić information content (AvgIpc) is 2.07. The second-order valence-corrected chi connectivity index (χ2v) is 5.05. The molecule has 0 amide bonds. The predicted molar refractivity (Wildman–Crippen MR) is 59.7 cm³/mol. The van der Waals surface area contributed by atoms with Crippen LogP contribution in [0.25, 0.3) is 0 Å². The molecule has 1 rings (SSSR count). The highest BCUT2D eigenvalue weighted by molar-refractivity contribution is 9.11. The molecule has 12 heavy (non-hydrogen) atoms. The van der Waals surface area contributed by atoms with E-state index in [9.17, 15) is 0 Å². The van der Waals surface area contributed by atoms with Crippen LogP contribution in [0.15, 0.2) is 32.0 Å². The quantitative estimate of drug-likeness (QED) is 0.864. The van der Waals surface area contributed by atoms with E-state index in [1.54, 1.807) is 11.8 Å². The van der Waals surface area contributed by atoms with Crippen molar-refractivity contribution in [2.75, 3.05) is 12.4 Å². The van der Waals surface area contributed by atoms with Crippen LogP contribution in [0.3, 0.4) is 0 Å². The highest BCUT2D eigenvalue weighted by Gasteiger charge is 2.00. The maximum Gasteiger partial charge on any atom is 0.0525 e. The number of halogens is 2. The molecule has 0 fully saturated rings. The third-order valence-electron chi connectivity index (χ3n) is 1.24. The number of hydrogen-bond acceptors (Lipinski definition) is 2. The number of hydrogen-bond donors (Lipinski definition) is 1. The Hall–Kier alpha value is 0.490. The number of thioether (sulfide) groups is 1. The van der Waals surface area contributed by atoms with E-state index in [1.165, 1.54) is 0 Å². The number of aliphatic hydroxyl groups excluding tert-OH is 1. The minimum atomic E-state index is 0.212. The molecule has 0 atom stereocenters. The molecule has 0 aliphatic rings. The minimum absolute atomic E-state index is 0.212. The minimum Gasteiger partial charge on any atom is -0.396 e. The zero-order chi connectivity index (χ0) is 8.97. The maximum atomic E-state index is 8.64. The van der Waals surface area contributed by atoms with Gasteiger partial charge < -0.3 is 5.11 Å². The Balaban J connectivity index is 2.75. The second kappa shape index (κ2) is 5.27. The van der Waals surface area contributed by atoms with Gasteiger partial charge >= 0.3 is 0 Å². The van der Waals surface area contributed by atoms with Crippen molar-refractivity contribution in [2.24, 2.45) is 0 Å². The molecular weight excluding hydrogens is 304 g/mol. The lowest BCUT2D eigenvalue weighted by Crippen LogP contribution is -1.85. The smallest absolute Gasteiger partial charge is 0.0525 e. The molecule has 1 N–H and O–H groups in total. The van der Waals surface area contributed by atoms with Gasteiger partial charge in [-0.15, -0.1) is 11.8 Å². The summed E-state index contributed by atoms with van der Waals surface area (Å²) in [5.74, 6) is 0.731. The average molecular weight is 312 g/mol. The van der Waals surface area contributed by atoms with Gasteiger partial charge in [0.1, 0.15) is 0 Å². The summed E-state index contributed by atoms with van der Waals surface area (Å²) in [4.78, 5) is 1.15. The standard InChI is InChI=1S/C8H8Br2OS/c9-6-1-2-7(10)8(5-6)12-4-3-11/h1-2,5,11H,3-4H2. The van der Waals surface area contributed by atoms with Crippen LogP contribution in [0.5, 0.6) is 0 Å². The third kappa shape index (κ3) is 3.09. The number of benzene rings is 1. The second-order valence-electron chi connectivity index (χ2n) is 2.15. The molecule has 1 aromatic rings. The van der Waals surface area contributed by atoms with Gasteiger partial charge in [0.05, 0.1) is 6.61 Å². The van der Waals surface area contributed by atoms with Crippen LogP contribution in [0.2, 0.25) is 0 Å². The van der Waals surface area contributed by atoms with Crippen LogP contribution in [-0.2, 0) is 0 Å². The molecule has 0 aliphatic heterocycles. The summed E-state index contributed by atoms with van der Waals surface area (Å²) in [6.07, 6.45) is 0. The van der Waals surface area contributed by atoms with Crippen molar-refractivity contribution in [3.8, 4) is 0 Å². The van der Waals surface area contributed by atoms with Crippen molar-refractivity contribution < 1.29 is 5.11 Å². The van der Waals surface area contributed by atoms with E-state index in [2.05, 4.69) is 31.9 Å². The van der Waals surface area contributed by atoms with Crippen LogP contribution >= 0.6 is 43.6 Å². The predicted octanol–water partition coefficient (Wildman–Crippen LogP) is 3.30. The van der Waals surface area contributed by atoms with E-state index in [1.807, 2.05) is 18.2 Å². The molecule has 0 spiro atoms. The summed E-state index contributed by atoms with van der Waals surface area (Å²) in [7, 11) is 0. The molecule has 0 aliphatic carbocycles. The van der Waals surface area contributed by atoms with Gasteiger partial charge in [-0.3, -0.25) is 0 Å². The van der Waals surface area contributed by atoms with Crippen LogP contribution in [-0.4, -0.2) is 17.5 Å². The Morgan fingerprint density at radius 1 is 1.33 bits per heavy atom. The highest BCUT2D eigenvalue weighted by atomic mass is 79.9. The summed E-state index contributed by atoms with van der Waals surface area (Å²) in [5, 5.41) is 8.64. The first-order chi connectivity index (χ1) is 5.74. The molecule has 0 unspecified atom stereocenters. The van der Waals surface area contributed by atoms with E-state index in [0.717, 1.165) is 19.6 Å². The van der Waals surface area contributed by atoms with Gasteiger partial charge in [0.25, 0.3) is 0 Å². The number of rotatable bonds is 3. The zero-order valence-electron chi connectivity index (χ0n) is 6.26. The lowest BCUT2D eigenvalue weighted by molar-refractivity contribution is 0.322. The van der Waals surface area contributed by atoms with Gasteiger partial charge in [-0.05, 0) is 34.1 Å². The fourth-order valence-electron chi connectivity index (χ4n) is 0.743. The molecule has 4 heteroatoms. The molecule has 1 nitrogen and oxygen atoms in total. The lowest BCUT2D eigenvalue weighted by atomic mass is 10.4. The summed E-state index contributed by atoms with van der Waals surface area (Å²) in [6.45, 7) is 0.212. The Labute approximate surface area is 92.8 Å². The Morgan fingerprint density at radius 3 is 2.75 bits per heavy atom. The van der Waals surface area contributed by atoms with Crippen molar-refractivity contribution in [1.82, 2.24) is 0 Å². The van der Waals surface area contributed by atoms with Crippen molar-refractivity contribution in [1.29, 1.82) is 0 Å². The first-order valence-corrected chi connectivity index (χ1v) is 6.00. The summed E-state index contributed by atoms with van der Waals surface area (Å²) < 4.78 is 2.13. The zero-order valence-corrected chi connectivity index (χ0v) is 10.2. The Morgan fingerprint density at radius 2 is 2.08 bits per heavy atom. The van der Waals surface area contributed by atoms with Gasteiger partial charge in [0, 0.05) is 19.6 Å². The molecule has 0 saturated heterocycles. The Bertz CT molecular complexity index is 265.